The van der Waals surface area contributed by atoms with Crippen LogP contribution < -0.4 is 11.2 Å². The van der Waals surface area contributed by atoms with Gasteiger partial charge in [-0.2, -0.15) is 10.1 Å². The van der Waals surface area contributed by atoms with E-state index in [1.165, 1.54) is 4.57 Å². The minimum absolute atomic E-state index is 0.0623. The second kappa shape index (κ2) is 9.73. The highest BCUT2D eigenvalue weighted by Gasteiger charge is 2.24. The zero-order chi connectivity index (χ0) is 25.3. The molecule has 10 heteroatoms. The second-order valence-electron chi connectivity index (χ2n) is 8.68. The Morgan fingerprint density at radius 1 is 1.06 bits per heavy atom. The number of fused-ring (bicyclic) bond motifs is 1. The quantitative estimate of drug-likeness (QED) is 0.360. The lowest BCUT2D eigenvalue weighted by Gasteiger charge is -2.11. The van der Waals surface area contributed by atoms with Gasteiger partial charge in [0.05, 0.1) is 5.69 Å². The highest BCUT2D eigenvalue weighted by atomic mass is 16.5. The summed E-state index contributed by atoms with van der Waals surface area (Å²) in [5, 5.41) is 4.61. The average Bonchev–Trinajstić information content (AvgIpc) is 3.36. The van der Waals surface area contributed by atoms with Gasteiger partial charge in [0, 0.05) is 19.3 Å². The Morgan fingerprint density at radius 3 is 2.40 bits per heavy atom. The molecule has 0 amide bonds. The van der Waals surface area contributed by atoms with E-state index in [1.54, 1.807) is 16.3 Å². The summed E-state index contributed by atoms with van der Waals surface area (Å²) in [4.78, 5) is 43.8. The molecule has 0 aliphatic rings. The Labute approximate surface area is 202 Å². The monoisotopic (exact) mass is 478 g/mol. The molecule has 184 valence electrons. The predicted molar refractivity (Wildman–Crippen MR) is 132 cm³/mol. The summed E-state index contributed by atoms with van der Waals surface area (Å²) in [6.07, 6.45) is 1.71. The molecule has 0 aliphatic carbocycles. The first-order valence-corrected chi connectivity index (χ1v) is 11.7. The molecule has 35 heavy (non-hydrogen) atoms. The number of esters is 1. The molecule has 4 aromatic rings. The molecular weight excluding hydrogens is 448 g/mol. The van der Waals surface area contributed by atoms with Crippen molar-refractivity contribution in [1.82, 2.24) is 28.5 Å². The van der Waals surface area contributed by atoms with Crippen molar-refractivity contribution < 1.29 is 9.53 Å². The van der Waals surface area contributed by atoms with E-state index in [0.717, 1.165) is 39.9 Å². The molecule has 0 unspecified atom stereocenters. The lowest BCUT2D eigenvalue weighted by molar-refractivity contribution is -0.145. The van der Waals surface area contributed by atoms with Crippen molar-refractivity contribution in [1.29, 1.82) is 0 Å². The van der Waals surface area contributed by atoms with Crippen LogP contribution in [0.5, 0.6) is 0 Å². The molecule has 0 fully saturated rings. The third-order valence-electron chi connectivity index (χ3n) is 6.32. The van der Waals surface area contributed by atoms with E-state index in [9.17, 15) is 14.4 Å². The van der Waals surface area contributed by atoms with Crippen molar-refractivity contribution in [2.75, 3.05) is 0 Å². The second-order valence-corrected chi connectivity index (χ2v) is 8.68. The van der Waals surface area contributed by atoms with Crippen molar-refractivity contribution in [2.24, 2.45) is 7.05 Å². The van der Waals surface area contributed by atoms with Crippen molar-refractivity contribution >= 4 is 17.1 Å². The van der Waals surface area contributed by atoms with Crippen LogP contribution in [-0.4, -0.2) is 34.4 Å². The number of rotatable bonds is 8. The topological polar surface area (TPSA) is 106 Å². The van der Waals surface area contributed by atoms with Crippen LogP contribution >= 0.6 is 0 Å². The van der Waals surface area contributed by atoms with Crippen molar-refractivity contribution in [3.8, 4) is 5.95 Å². The zero-order valence-electron chi connectivity index (χ0n) is 20.7. The standard InChI is InChI=1S/C25H30N6O4/c1-6-7-13-29-21-22(26-24(29)31-18(4)16(2)17(3)27-31)28(5)25(34)30(23(21)33)14-20(32)35-15-19-11-9-8-10-12-19/h8-12H,6-7,13-15H2,1-5H3. The van der Waals surface area contributed by atoms with Crippen molar-refractivity contribution in [3.63, 3.8) is 0 Å². The number of ether oxygens (including phenoxy) is 1. The molecule has 0 bridgehead atoms. The van der Waals surface area contributed by atoms with Gasteiger partial charge in [-0.3, -0.25) is 14.2 Å². The fraction of sp³-hybridized carbons (Fsp3) is 0.400. The molecular formula is C25H30N6O4. The van der Waals surface area contributed by atoms with Gasteiger partial charge < -0.3 is 9.30 Å². The van der Waals surface area contributed by atoms with Gasteiger partial charge in [-0.05, 0) is 38.3 Å². The SMILES string of the molecule is CCCCn1c(-n2nc(C)c(C)c2C)nc2c1c(=O)n(CC(=O)OCc1ccccc1)c(=O)n2C. The average molecular weight is 479 g/mol. The van der Waals surface area contributed by atoms with Crippen LogP contribution in [0, 0.1) is 20.8 Å². The summed E-state index contributed by atoms with van der Waals surface area (Å²) in [5.74, 6) is -0.194. The van der Waals surface area contributed by atoms with Gasteiger partial charge in [-0.25, -0.2) is 14.0 Å². The summed E-state index contributed by atoms with van der Waals surface area (Å²) in [6, 6.07) is 9.22. The van der Waals surface area contributed by atoms with E-state index in [-0.39, 0.29) is 17.8 Å². The first-order chi connectivity index (χ1) is 16.7. The van der Waals surface area contributed by atoms with E-state index < -0.39 is 23.8 Å². The number of aryl methyl sites for hydroxylation is 3. The molecule has 0 saturated carbocycles. The van der Waals surface area contributed by atoms with Gasteiger partial charge in [0.15, 0.2) is 11.2 Å². The van der Waals surface area contributed by atoms with Crippen LogP contribution in [-0.2, 0) is 36.3 Å². The molecule has 0 spiro atoms. The van der Waals surface area contributed by atoms with Gasteiger partial charge in [0.2, 0.25) is 5.95 Å². The Balaban J connectivity index is 1.80. The molecule has 3 aromatic heterocycles. The molecule has 0 saturated heterocycles. The van der Waals surface area contributed by atoms with Crippen LogP contribution in [0.3, 0.4) is 0 Å². The summed E-state index contributed by atoms with van der Waals surface area (Å²) >= 11 is 0. The molecule has 0 aliphatic heterocycles. The Bertz CT molecular complexity index is 1510. The number of hydrogen-bond acceptors (Lipinski definition) is 6. The van der Waals surface area contributed by atoms with Crippen LogP contribution in [0.25, 0.3) is 17.1 Å². The summed E-state index contributed by atoms with van der Waals surface area (Å²) in [6.45, 7) is 8.00. The van der Waals surface area contributed by atoms with Crippen molar-refractivity contribution in [3.05, 3.63) is 73.7 Å². The minimum atomic E-state index is -0.665. The molecule has 0 atom stereocenters. The fourth-order valence-corrected chi connectivity index (χ4v) is 4.02. The van der Waals surface area contributed by atoms with Crippen LogP contribution in [0.15, 0.2) is 39.9 Å². The first kappa shape index (κ1) is 24.2. The molecule has 3 heterocycles. The van der Waals surface area contributed by atoms with E-state index in [1.807, 2.05) is 51.1 Å². The van der Waals surface area contributed by atoms with E-state index >= 15 is 0 Å². The molecule has 10 nitrogen and oxygen atoms in total. The number of nitrogens with zero attached hydrogens (tertiary/aromatic N) is 6. The van der Waals surface area contributed by atoms with Crippen LogP contribution in [0.4, 0.5) is 0 Å². The van der Waals surface area contributed by atoms with Gasteiger partial charge >= 0.3 is 11.7 Å². The minimum Gasteiger partial charge on any atom is -0.459 e. The molecule has 1 aromatic carbocycles. The molecule has 0 radical (unpaired) electrons. The molecule has 4 rings (SSSR count). The Morgan fingerprint density at radius 2 is 1.77 bits per heavy atom. The van der Waals surface area contributed by atoms with Gasteiger partial charge in [0.25, 0.3) is 5.56 Å². The zero-order valence-corrected chi connectivity index (χ0v) is 20.7. The predicted octanol–water partition coefficient (Wildman–Crippen LogP) is 2.55. The van der Waals surface area contributed by atoms with E-state index in [4.69, 9.17) is 4.74 Å². The number of carbonyl (C=O) groups is 1. The lowest BCUT2D eigenvalue weighted by Crippen LogP contribution is -2.41. The lowest BCUT2D eigenvalue weighted by atomic mass is 10.2. The Kier molecular flexibility index (Phi) is 6.72. The first-order valence-electron chi connectivity index (χ1n) is 11.7. The maximum atomic E-state index is 13.5. The third-order valence-corrected chi connectivity index (χ3v) is 6.32. The van der Waals surface area contributed by atoms with Crippen molar-refractivity contribution in [2.45, 2.75) is 60.2 Å². The number of imidazole rings is 1. The van der Waals surface area contributed by atoms with Crippen LogP contribution in [0.1, 0.15) is 42.3 Å². The Hall–Kier alpha value is -3.95. The molecule has 0 N–H and O–H groups in total. The third kappa shape index (κ3) is 4.43. The number of aromatic nitrogens is 6. The van der Waals surface area contributed by atoms with Gasteiger partial charge in [-0.1, -0.05) is 43.7 Å². The summed E-state index contributed by atoms with van der Waals surface area (Å²) in [5.41, 5.74) is 2.94. The van der Waals surface area contributed by atoms with Crippen LogP contribution in [0.2, 0.25) is 0 Å². The number of unbranched alkanes of at least 4 members (excludes halogenated alkanes) is 1. The number of hydrogen-bond donors (Lipinski definition) is 0. The van der Waals surface area contributed by atoms with E-state index in [2.05, 4.69) is 17.0 Å². The normalized spacial score (nSPS) is 11.3. The maximum Gasteiger partial charge on any atom is 0.333 e. The van der Waals surface area contributed by atoms with Gasteiger partial charge in [-0.15, -0.1) is 0 Å². The fourth-order valence-electron chi connectivity index (χ4n) is 4.02. The highest BCUT2D eigenvalue weighted by molar-refractivity contribution is 5.74. The highest BCUT2D eigenvalue weighted by Crippen LogP contribution is 2.20. The smallest absolute Gasteiger partial charge is 0.333 e. The summed E-state index contributed by atoms with van der Waals surface area (Å²) < 4.78 is 11.0. The van der Waals surface area contributed by atoms with E-state index in [0.29, 0.717) is 12.5 Å². The number of benzene rings is 1. The summed E-state index contributed by atoms with van der Waals surface area (Å²) in [7, 11) is 1.54. The maximum absolute atomic E-state index is 13.5. The largest absolute Gasteiger partial charge is 0.459 e. The number of carbonyl (C=O) groups excluding carboxylic acids is 1. The van der Waals surface area contributed by atoms with Gasteiger partial charge in [0.1, 0.15) is 13.2 Å².